The third kappa shape index (κ3) is 3.99. The van der Waals surface area contributed by atoms with Crippen molar-refractivity contribution in [3.05, 3.63) is 104 Å². The summed E-state index contributed by atoms with van der Waals surface area (Å²) in [6.07, 6.45) is 1.54. The van der Waals surface area contributed by atoms with Crippen molar-refractivity contribution in [3.63, 3.8) is 0 Å². The van der Waals surface area contributed by atoms with Gasteiger partial charge in [-0.05, 0) is 42.0 Å². The summed E-state index contributed by atoms with van der Waals surface area (Å²) in [6.45, 7) is 0.0958. The third-order valence-electron chi connectivity index (χ3n) is 5.15. The van der Waals surface area contributed by atoms with Crippen LogP contribution in [0.1, 0.15) is 15.9 Å². The number of nitro benzene ring substituents is 1. The molecule has 5 rings (SSSR count). The lowest BCUT2D eigenvalue weighted by molar-refractivity contribution is -0.384. The second-order valence-corrected chi connectivity index (χ2v) is 8.40. The maximum Gasteiger partial charge on any atom is 0.270 e. The highest BCUT2D eigenvalue weighted by Crippen LogP contribution is 2.29. The number of rotatable bonds is 5. The van der Waals surface area contributed by atoms with Crippen molar-refractivity contribution in [2.45, 2.75) is 6.54 Å². The minimum absolute atomic E-state index is 0.0836. The quantitative estimate of drug-likeness (QED) is 0.298. The first-order chi connectivity index (χ1) is 16.4. The Morgan fingerprint density at radius 1 is 1.15 bits per heavy atom. The van der Waals surface area contributed by atoms with Gasteiger partial charge in [-0.3, -0.25) is 29.6 Å². The van der Waals surface area contributed by atoms with Gasteiger partial charge in [0.15, 0.2) is 5.13 Å². The Hall–Kier alpha value is -4.51. The molecule has 1 amide bonds. The van der Waals surface area contributed by atoms with Gasteiger partial charge < -0.3 is 0 Å². The summed E-state index contributed by atoms with van der Waals surface area (Å²) in [4.78, 5) is 45.4. The molecule has 1 N–H and O–H groups in total. The molecule has 0 bridgehead atoms. The Morgan fingerprint density at radius 3 is 2.71 bits per heavy atom. The van der Waals surface area contributed by atoms with Crippen LogP contribution in [0.15, 0.2) is 71.7 Å². The third-order valence-corrected chi connectivity index (χ3v) is 6.08. The fourth-order valence-corrected chi connectivity index (χ4v) is 4.43. The van der Waals surface area contributed by atoms with E-state index >= 15 is 0 Å². The number of nitrogens with zero attached hydrogens (tertiary/aromatic N) is 4. The molecule has 34 heavy (non-hydrogen) atoms. The molecule has 0 unspecified atom stereocenters. The average Bonchev–Trinajstić information content (AvgIpc) is 3.23. The predicted molar refractivity (Wildman–Crippen MR) is 126 cm³/mol. The van der Waals surface area contributed by atoms with Crippen LogP contribution in [-0.4, -0.2) is 25.4 Å². The molecule has 0 aliphatic carbocycles. The summed E-state index contributed by atoms with van der Waals surface area (Å²) in [5.41, 5.74) is 0.779. The van der Waals surface area contributed by atoms with E-state index in [9.17, 15) is 24.1 Å². The predicted octanol–water partition coefficient (Wildman–Crippen LogP) is 4.35. The van der Waals surface area contributed by atoms with Crippen molar-refractivity contribution in [3.8, 4) is 0 Å². The molecule has 0 saturated carbocycles. The summed E-state index contributed by atoms with van der Waals surface area (Å²) in [5, 5.41) is 14.4. The Labute approximate surface area is 194 Å². The van der Waals surface area contributed by atoms with E-state index in [1.54, 1.807) is 30.5 Å². The lowest BCUT2D eigenvalue weighted by Gasteiger charge is -2.12. The van der Waals surface area contributed by atoms with Gasteiger partial charge in [0.05, 0.1) is 21.7 Å². The molecule has 3 aromatic heterocycles. The van der Waals surface area contributed by atoms with Crippen molar-refractivity contribution in [2.24, 2.45) is 0 Å². The number of non-ortho nitro benzene ring substituents is 1. The van der Waals surface area contributed by atoms with E-state index in [0.29, 0.717) is 26.8 Å². The number of nitro groups is 1. The minimum Gasteiger partial charge on any atom is -0.298 e. The number of amides is 1. The number of hydrogen-bond acceptors (Lipinski definition) is 7. The Kier molecular flexibility index (Phi) is 5.30. The van der Waals surface area contributed by atoms with E-state index in [1.807, 2.05) is 0 Å². The average molecular weight is 475 g/mol. The normalized spacial score (nSPS) is 11.1. The maximum atomic E-state index is 13.3. The molecular formula is C23H14FN5O4S. The molecule has 0 saturated heterocycles. The molecule has 0 atom stereocenters. The van der Waals surface area contributed by atoms with Gasteiger partial charge in [-0.25, -0.2) is 14.4 Å². The smallest absolute Gasteiger partial charge is 0.270 e. The van der Waals surface area contributed by atoms with Crippen LogP contribution in [0.3, 0.4) is 0 Å². The molecule has 0 radical (unpaired) electrons. The minimum atomic E-state index is -0.669. The largest absolute Gasteiger partial charge is 0.298 e. The zero-order chi connectivity index (χ0) is 23.8. The lowest BCUT2D eigenvalue weighted by Crippen LogP contribution is -2.30. The van der Waals surface area contributed by atoms with Crippen LogP contribution in [0.4, 0.5) is 15.2 Å². The number of halogens is 1. The molecule has 2 aromatic carbocycles. The molecule has 0 spiro atoms. The monoisotopic (exact) mass is 475 g/mol. The van der Waals surface area contributed by atoms with Crippen molar-refractivity contribution < 1.29 is 14.1 Å². The summed E-state index contributed by atoms with van der Waals surface area (Å²) < 4.78 is 15.2. The lowest BCUT2D eigenvalue weighted by atomic mass is 10.1. The number of anilines is 1. The first-order valence-corrected chi connectivity index (χ1v) is 10.8. The Bertz CT molecular complexity index is 1650. The zero-order valence-corrected chi connectivity index (χ0v) is 18.1. The topological polar surface area (TPSA) is 120 Å². The number of thiazole rings is 1. The van der Waals surface area contributed by atoms with Crippen LogP contribution in [0, 0.1) is 15.9 Å². The van der Waals surface area contributed by atoms with Crippen LogP contribution in [0.25, 0.3) is 21.3 Å². The second-order valence-electron chi connectivity index (χ2n) is 7.37. The number of carbonyl (C=O) groups excluding carboxylic acids is 1. The highest BCUT2D eigenvalue weighted by molar-refractivity contribution is 7.22. The van der Waals surface area contributed by atoms with Gasteiger partial charge in [0.1, 0.15) is 17.0 Å². The van der Waals surface area contributed by atoms with Gasteiger partial charge in [0, 0.05) is 23.7 Å². The van der Waals surface area contributed by atoms with Crippen LogP contribution < -0.4 is 10.9 Å². The Balaban J connectivity index is 1.53. The number of hydrogen-bond donors (Lipinski definition) is 1. The van der Waals surface area contributed by atoms with Crippen molar-refractivity contribution in [1.82, 2.24) is 14.5 Å². The van der Waals surface area contributed by atoms with E-state index in [1.165, 1.54) is 41.0 Å². The SMILES string of the molecule is O=C(Nc1nc2ccc([N+](=O)[O-])cc2s1)c1cc2cccnc2n(Cc2ccc(F)cc2)c1=O. The summed E-state index contributed by atoms with van der Waals surface area (Å²) in [7, 11) is 0. The molecule has 11 heteroatoms. The van der Waals surface area contributed by atoms with E-state index in [2.05, 4.69) is 15.3 Å². The van der Waals surface area contributed by atoms with Crippen LogP contribution in [0.5, 0.6) is 0 Å². The molecule has 0 fully saturated rings. The highest BCUT2D eigenvalue weighted by atomic mass is 32.1. The highest BCUT2D eigenvalue weighted by Gasteiger charge is 2.19. The zero-order valence-electron chi connectivity index (χ0n) is 17.3. The fraction of sp³-hybridized carbons (Fsp3) is 0.0435. The van der Waals surface area contributed by atoms with Gasteiger partial charge in [-0.15, -0.1) is 0 Å². The molecule has 3 heterocycles. The van der Waals surface area contributed by atoms with Crippen molar-refractivity contribution in [2.75, 3.05) is 5.32 Å². The number of aromatic nitrogens is 3. The van der Waals surface area contributed by atoms with E-state index < -0.39 is 22.2 Å². The Morgan fingerprint density at radius 2 is 1.94 bits per heavy atom. The van der Waals surface area contributed by atoms with E-state index in [4.69, 9.17) is 0 Å². The van der Waals surface area contributed by atoms with Gasteiger partial charge in [0.2, 0.25) is 0 Å². The van der Waals surface area contributed by atoms with Gasteiger partial charge in [-0.1, -0.05) is 23.5 Å². The van der Waals surface area contributed by atoms with Crippen LogP contribution in [-0.2, 0) is 6.54 Å². The summed E-state index contributed by atoms with van der Waals surface area (Å²) >= 11 is 1.07. The number of benzene rings is 2. The number of fused-ring (bicyclic) bond motifs is 2. The van der Waals surface area contributed by atoms with Crippen LogP contribution >= 0.6 is 11.3 Å². The van der Waals surface area contributed by atoms with E-state index in [-0.39, 0.29) is 22.9 Å². The molecule has 0 aliphatic rings. The first kappa shape index (κ1) is 21.3. The van der Waals surface area contributed by atoms with Gasteiger partial charge in [0.25, 0.3) is 17.2 Å². The molecular weight excluding hydrogens is 461 g/mol. The summed E-state index contributed by atoms with van der Waals surface area (Å²) in [6, 6.07) is 14.8. The molecule has 168 valence electrons. The van der Waals surface area contributed by atoms with Gasteiger partial charge in [-0.2, -0.15) is 0 Å². The summed E-state index contributed by atoms with van der Waals surface area (Å²) in [5.74, 6) is -1.06. The fourth-order valence-electron chi connectivity index (χ4n) is 3.53. The van der Waals surface area contributed by atoms with Crippen LogP contribution in [0.2, 0.25) is 0 Å². The molecule has 0 aliphatic heterocycles. The van der Waals surface area contributed by atoms with Gasteiger partial charge >= 0.3 is 0 Å². The number of pyridine rings is 2. The molecule has 9 nitrogen and oxygen atoms in total. The second kappa shape index (κ2) is 8.45. The number of carbonyl (C=O) groups is 1. The van der Waals surface area contributed by atoms with E-state index in [0.717, 1.165) is 11.3 Å². The van der Waals surface area contributed by atoms with Crippen molar-refractivity contribution >= 4 is 49.3 Å². The molecule has 5 aromatic rings. The standard InChI is InChI=1S/C23H14FN5O4S/c24-15-5-3-13(4-6-15)12-28-20-14(2-1-9-25-20)10-17(22(28)31)21(30)27-23-26-18-8-7-16(29(32)33)11-19(18)34-23/h1-11H,12H2,(H,26,27,30). The first-order valence-electron chi connectivity index (χ1n) is 9.98. The van der Waals surface area contributed by atoms with Crippen molar-refractivity contribution in [1.29, 1.82) is 0 Å². The number of nitrogens with one attached hydrogen (secondary N) is 1. The maximum absolute atomic E-state index is 13.3.